The molecule has 31 heavy (non-hydrogen) atoms. The predicted octanol–water partition coefficient (Wildman–Crippen LogP) is 2.89. The van der Waals surface area contributed by atoms with E-state index in [1.807, 2.05) is 64.5 Å². The van der Waals surface area contributed by atoms with Crippen LogP contribution in [-0.2, 0) is 0 Å². The number of nitrogens with zero attached hydrogens (tertiary/aromatic N) is 3. The van der Waals surface area contributed by atoms with Crippen LogP contribution in [0, 0.1) is 0 Å². The maximum absolute atomic E-state index is 12.9. The summed E-state index contributed by atoms with van der Waals surface area (Å²) in [4.78, 5) is 21.2. The van der Waals surface area contributed by atoms with Crippen LogP contribution < -0.4 is 0 Å². The molecule has 0 spiro atoms. The molecule has 1 amide bonds. The molecule has 5 rings (SSSR count). The van der Waals surface area contributed by atoms with Crippen molar-refractivity contribution in [3.8, 4) is 11.1 Å². The second-order valence-electron chi connectivity index (χ2n) is 8.65. The van der Waals surface area contributed by atoms with Crippen molar-refractivity contribution in [1.29, 1.82) is 0 Å². The Hall–Kier alpha value is -2.80. The van der Waals surface area contributed by atoms with Crippen molar-refractivity contribution in [3.63, 3.8) is 0 Å². The number of carbonyl (C=O) groups is 1. The van der Waals surface area contributed by atoms with Crippen molar-refractivity contribution >= 4 is 16.8 Å². The molecular weight excluding hydrogens is 390 g/mol. The fraction of sp³-hybridized carbons (Fsp3) is 0.360. The monoisotopic (exact) mass is 417 g/mol. The second kappa shape index (κ2) is 8.04. The summed E-state index contributed by atoms with van der Waals surface area (Å²) in [6, 6.07) is 17.8. The van der Waals surface area contributed by atoms with Crippen molar-refractivity contribution in [3.05, 3.63) is 66.4 Å². The van der Waals surface area contributed by atoms with Crippen LogP contribution in [0.25, 0.3) is 22.0 Å². The van der Waals surface area contributed by atoms with Gasteiger partial charge in [0, 0.05) is 48.9 Å². The third-order valence-corrected chi connectivity index (χ3v) is 6.70. The van der Waals surface area contributed by atoms with Gasteiger partial charge in [0.05, 0.1) is 5.52 Å². The number of fused-ring (bicyclic) bond motifs is 1. The molecule has 1 aromatic heterocycles. The number of hydrogen-bond acceptors (Lipinski definition) is 5. The van der Waals surface area contributed by atoms with Crippen LogP contribution in [-0.4, -0.2) is 68.9 Å². The first kappa shape index (κ1) is 20.1. The van der Waals surface area contributed by atoms with Crippen LogP contribution in [0.4, 0.5) is 0 Å². The number of carbonyl (C=O) groups excluding carboxylic acids is 1. The zero-order valence-electron chi connectivity index (χ0n) is 17.4. The Morgan fingerprint density at radius 3 is 2.35 bits per heavy atom. The van der Waals surface area contributed by atoms with Crippen LogP contribution in [0.5, 0.6) is 0 Å². The molecule has 0 radical (unpaired) electrons. The molecule has 1 aliphatic carbocycles. The topological polar surface area (TPSA) is 76.9 Å². The zero-order valence-corrected chi connectivity index (χ0v) is 17.4. The fourth-order valence-corrected chi connectivity index (χ4v) is 4.52. The first-order valence-electron chi connectivity index (χ1n) is 10.9. The highest BCUT2D eigenvalue weighted by molar-refractivity contribution is 5.95. The smallest absolute Gasteiger partial charge is 0.253 e. The highest BCUT2D eigenvalue weighted by Crippen LogP contribution is 2.36. The number of benzene rings is 2. The predicted molar refractivity (Wildman–Crippen MR) is 119 cm³/mol. The van der Waals surface area contributed by atoms with Gasteiger partial charge in [-0.15, -0.1) is 0 Å². The number of rotatable bonds is 4. The standard InChI is InChI=1S/C25H27N3O3/c29-23(27-12-14-28(15-13-27)24(30)25(31)10-3-11-25)19-8-6-18(7-9-19)21-16-20-4-1-2-5-22(20)26-17-21/h1-2,4-9,16-17,24,30-31H,3,10-15H2. The fourth-order valence-electron chi connectivity index (χ4n) is 4.52. The van der Waals surface area contributed by atoms with Gasteiger partial charge in [-0.1, -0.05) is 30.3 Å². The number of pyridine rings is 1. The molecule has 6 nitrogen and oxygen atoms in total. The Morgan fingerprint density at radius 2 is 1.68 bits per heavy atom. The Balaban J connectivity index is 1.24. The molecule has 2 fully saturated rings. The number of piperazine rings is 1. The van der Waals surface area contributed by atoms with Crippen LogP contribution in [0.2, 0.25) is 0 Å². The van der Waals surface area contributed by atoms with E-state index in [1.54, 1.807) is 0 Å². The Labute approximate surface area is 181 Å². The van der Waals surface area contributed by atoms with Gasteiger partial charge in [-0.2, -0.15) is 0 Å². The summed E-state index contributed by atoms with van der Waals surface area (Å²) in [5.41, 5.74) is 2.70. The minimum atomic E-state index is -0.973. The van der Waals surface area contributed by atoms with Crippen molar-refractivity contribution in [2.75, 3.05) is 26.2 Å². The van der Waals surface area contributed by atoms with Gasteiger partial charge in [-0.3, -0.25) is 14.7 Å². The maximum Gasteiger partial charge on any atom is 0.253 e. The molecule has 2 aliphatic rings. The lowest BCUT2D eigenvalue weighted by Gasteiger charge is -2.47. The summed E-state index contributed by atoms with van der Waals surface area (Å²) in [5, 5.41) is 21.9. The summed E-state index contributed by atoms with van der Waals surface area (Å²) in [7, 11) is 0. The second-order valence-corrected chi connectivity index (χ2v) is 8.65. The minimum absolute atomic E-state index is 0.000294. The molecule has 160 valence electrons. The molecule has 1 unspecified atom stereocenters. The molecular formula is C25H27N3O3. The largest absolute Gasteiger partial charge is 0.386 e. The summed E-state index contributed by atoms with van der Waals surface area (Å²) in [6.45, 7) is 2.22. The van der Waals surface area contributed by atoms with E-state index in [0.717, 1.165) is 28.5 Å². The Kier molecular flexibility index (Phi) is 5.22. The zero-order chi connectivity index (χ0) is 21.4. The molecule has 1 aliphatic heterocycles. The lowest BCUT2D eigenvalue weighted by Crippen LogP contribution is -2.61. The Morgan fingerprint density at radius 1 is 0.968 bits per heavy atom. The van der Waals surface area contributed by atoms with Gasteiger partial charge in [0.15, 0.2) is 0 Å². The maximum atomic E-state index is 12.9. The third-order valence-electron chi connectivity index (χ3n) is 6.70. The van der Waals surface area contributed by atoms with Crippen molar-refractivity contribution in [1.82, 2.24) is 14.8 Å². The first-order chi connectivity index (χ1) is 15.0. The lowest BCUT2D eigenvalue weighted by molar-refractivity contribution is -0.190. The normalized spacial score (nSPS) is 19.7. The molecule has 2 aromatic carbocycles. The third kappa shape index (κ3) is 3.82. The molecule has 6 heteroatoms. The van der Waals surface area contributed by atoms with Gasteiger partial charge in [0.1, 0.15) is 11.8 Å². The van der Waals surface area contributed by atoms with Crippen molar-refractivity contribution < 1.29 is 15.0 Å². The number of aliphatic hydroxyl groups excluding tert-OH is 1. The van der Waals surface area contributed by atoms with E-state index in [1.165, 1.54) is 0 Å². The molecule has 1 saturated heterocycles. The first-order valence-corrected chi connectivity index (χ1v) is 10.9. The minimum Gasteiger partial charge on any atom is -0.386 e. The van der Waals surface area contributed by atoms with Gasteiger partial charge in [0.25, 0.3) is 5.91 Å². The highest BCUT2D eigenvalue weighted by Gasteiger charge is 2.45. The number of para-hydroxylation sites is 1. The Bertz CT molecular complexity index is 1090. The molecule has 0 bridgehead atoms. The highest BCUT2D eigenvalue weighted by atomic mass is 16.4. The molecule has 2 N–H and O–H groups in total. The van der Waals surface area contributed by atoms with Crippen LogP contribution in [0.3, 0.4) is 0 Å². The number of hydrogen-bond donors (Lipinski definition) is 2. The SMILES string of the molecule is O=C(c1ccc(-c2cnc3ccccc3c2)cc1)N1CCN(C(O)C2(O)CCC2)CC1. The molecule has 3 aromatic rings. The average Bonchev–Trinajstić information content (AvgIpc) is 2.81. The van der Waals surface area contributed by atoms with Crippen molar-refractivity contribution in [2.45, 2.75) is 31.1 Å². The van der Waals surface area contributed by atoms with E-state index >= 15 is 0 Å². The summed E-state index contributed by atoms with van der Waals surface area (Å²) in [6.07, 6.45) is 3.27. The summed E-state index contributed by atoms with van der Waals surface area (Å²) >= 11 is 0. The van der Waals surface area contributed by atoms with Gasteiger partial charge >= 0.3 is 0 Å². The number of aromatic nitrogens is 1. The summed E-state index contributed by atoms with van der Waals surface area (Å²) in [5.74, 6) is -0.000294. The molecule has 1 saturated carbocycles. The van der Waals surface area contributed by atoms with Gasteiger partial charge in [-0.05, 0) is 49.1 Å². The van der Waals surface area contributed by atoms with E-state index in [4.69, 9.17) is 0 Å². The molecule has 1 atom stereocenters. The van der Waals surface area contributed by atoms with E-state index in [2.05, 4.69) is 11.1 Å². The van der Waals surface area contributed by atoms with Gasteiger partial charge in [0.2, 0.25) is 0 Å². The average molecular weight is 418 g/mol. The lowest BCUT2D eigenvalue weighted by atomic mass is 9.78. The van der Waals surface area contributed by atoms with Crippen LogP contribution in [0.15, 0.2) is 60.8 Å². The van der Waals surface area contributed by atoms with E-state index in [-0.39, 0.29) is 5.91 Å². The van der Waals surface area contributed by atoms with E-state index < -0.39 is 11.8 Å². The van der Waals surface area contributed by atoms with E-state index in [0.29, 0.717) is 44.6 Å². The number of aliphatic hydroxyl groups is 2. The van der Waals surface area contributed by atoms with Crippen LogP contribution in [0.1, 0.15) is 29.6 Å². The summed E-state index contributed by atoms with van der Waals surface area (Å²) < 4.78 is 0. The van der Waals surface area contributed by atoms with Crippen molar-refractivity contribution in [2.24, 2.45) is 0 Å². The number of amides is 1. The van der Waals surface area contributed by atoms with Gasteiger partial charge < -0.3 is 15.1 Å². The quantitative estimate of drug-likeness (QED) is 0.683. The molecule has 2 heterocycles. The van der Waals surface area contributed by atoms with Crippen LogP contribution >= 0.6 is 0 Å². The van der Waals surface area contributed by atoms with E-state index in [9.17, 15) is 15.0 Å². The van der Waals surface area contributed by atoms with Gasteiger partial charge in [-0.25, -0.2) is 0 Å².